The van der Waals surface area contributed by atoms with E-state index in [2.05, 4.69) is 38.2 Å². The number of hydrogen-bond donors (Lipinski definition) is 1. The van der Waals surface area contributed by atoms with Crippen molar-refractivity contribution in [2.75, 3.05) is 13.2 Å². The first-order valence-electron chi connectivity index (χ1n) is 7.20. The van der Waals surface area contributed by atoms with E-state index in [1.54, 1.807) is 0 Å². The lowest BCUT2D eigenvalue weighted by molar-refractivity contribution is 0.0106. The van der Waals surface area contributed by atoms with Gasteiger partial charge in [-0.15, -0.1) is 0 Å². The third-order valence-electron chi connectivity index (χ3n) is 3.53. The molecule has 1 N–H and O–H groups in total. The molecule has 3 heteroatoms. The summed E-state index contributed by atoms with van der Waals surface area (Å²) < 4.78 is 11.4. The van der Waals surface area contributed by atoms with Gasteiger partial charge in [-0.1, -0.05) is 17.7 Å². The van der Waals surface area contributed by atoms with Crippen LogP contribution in [0.1, 0.15) is 32.3 Å². The third kappa shape index (κ3) is 4.84. The first kappa shape index (κ1) is 14.4. The highest BCUT2D eigenvalue weighted by Gasteiger charge is 2.20. The molecule has 19 heavy (non-hydrogen) atoms. The maximum atomic E-state index is 5.80. The van der Waals surface area contributed by atoms with Crippen LogP contribution >= 0.6 is 0 Å². The molecule has 1 aromatic carbocycles. The molecule has 0 saturated carbocycles. The van der Waals surface area contributed by atoms with E-state index < -0.39 is 0 Å². The topological polar surface area (TPSA) is 30.5 Å². The number of ether oxygens (including phenoxy) is 2. The molecule has 3 atom stereocenters. The van der Waals surface area contributed by atoms with Crippen molar-refractivity contribution in [2.45, 2.75) is 51.8 Å². The van der Waals surface area contributed by atoms with E-state index in [4.69, 9.17) is 9.47 Å². The molecule has 0 bridgehead atoms. The summed E-state index contributed by atoms with van der Waals surface area (Å²) in [6.45, 7) is 7.97. The highest BCUT2D eigenvalue weighted by molar-refractivity contribution is 5.26. The molecule has 1 saturated heterocycles. The van der Waals surface area contributed by atoms with Crippen LogP contribution in [0, 0.1) is 6.92 Å². The fraction of sp³-hybridized carbons (Fsp3) is 0.625. The van der Waals surface area contributed by atoms with Gasteiger partial charge >= 0.3 is 0 Å². The summed E-state index contributed by atoms with van der Waals surface area (Å²) in [7, 11) is 0. The standard InChI is InChI=1S/C16H25NO2/c1-12-4-6-16(7-5-12)19-11-13(2)17-15-8-9-18-14(3)10-15/h4-7,13-15,17H,8-11H2,1-3H3. The zero-order chi connectivity index (χ0) is 13.7. The van der Waals surface area contributed by atoms with Crippen molar-refractivity contribution < 1.29 is 9.47 Å². The van der Waals surface area contributed by atoms with E-state index in [9.17, 15) is 0 Å². The van der Waals surface area contributed by atoms with Gasteiger partial charge in [0.1, 0.15) is 12.4 Å². The molecule has 106 valence electrons. The second kappa shape index (κ2) is 6.92. The molecule has 0 spiro atoms. The van der Waals surface area contributed by atoms with Gasteiger partial charge in [-0.05, 0) is 45.7 Å². The van der Waals surface area contributed by atoms with Crippen LogP contribution in [-0.4, -0.2) is 31.4 Å². The van der Waals surface area contributed by atoms with E-state index in [1.165, 1.54) is 5.56 Å². The number of nitrogens with one attached hydrogen (secondary N) is 1. The van der Waals surface area contributed by atoms with Crippen LogP contribution in [0.15, 0.2) is 24.3 Å². The molecular formula is C16H25NO2. The zero-order valence-electron chi connectivity index (χ0n) is 12.2. The molecule has 0 aliphatic carbocycles. The smallest absolute Gasteiger partial charge is 0.119 e. The molecule has 3 nitrogen and oxygen atoms in total. The minimum Gasteiger partial charge on any atom is -0.492 e. The number of rotatable bonds is 5. The monoisotopic (exact) mass is 263 g/mol. The highest BCUT2D eigenvalue weighted by atomic mass is 16.5. The van der Waals surface area contributed by atoms with Gasteiger partial charge in [0.15, 0.2) is 0 Å². The Morgan fingerprint density at radius 3 is 2.79 bits per heavy atom. The van der Waals surface area contributed by atoms with Crippen LogP contribution in [0.4, 0.5) is 0 Å². The van der Waals surface area contributed by atoms with Gasteiger partial charge in [0.05, 0.1) is 6.10 Å². The highest BCUT2D eigenvalue weighted by Crippen LogP contribution is 2.15. The summed E-state index contributed by atoms with van der Waals surface area (Å²) in [5.41, 5.74) is 1.26. The van der Waals surface area contributed by atoms with E-state index >= 15 is 0 Å². The van der Waals surface area contributed by atoms with Gasteiger partial charge in [-0.25, -0.2) is 0 Å². The summed E-state index contributed by atoms with van der Waals surface area (Å²) in [5.74, 6) is 0.944. The predicted octanol–water partition coefficient (Wildman–Crippen LogP) is 2.92. The van der Waals surface area contributed by atoms with Crippen molar-refractivity contribution in [1.29, 1.82) is 0 Å². The van der Waals surface area contributed by atoms with Crippen LogP contribution in [0.3, 0.4) is 0 Å². The summed E-state index contributed by atoms with van der Waals surface area (Å²) in [6, 6.07) is 9.12. The fourth-order valence-corrected chi connectivity index (χ4v) is 2.46. The molecule has 0 radical (unpaired) electrons. The molecule has 0 aromatic heterocycles. The van der Waals surface area contributed by atoms with Gasteiger partial charge < -0.3 is 14.8 Å². The van der Waals surface area contributed by atoms with Crippen LogP contribution < -0.4 is 10.1 Å². The summed E-state index contributed by atoms with van der Waals surface area (Å²) in [4.78, 5) is 0. The van der Waals surface area contributed by atoms with Crippen molar-refractivity contribution >= 4 is 0 Å². The van der Waals surface area contributed by atoms with Gasteiger partial charge in [-0.2, -0.15) is 0 Å². The second-order valence-electron chi connectivity index (χ2n) is 5.59. The SMILES string of the molecule is Cc1ccc(OCC(C)NC2CCOC(C)C2)cc1. The molecule has 1 fully saturated rings. The van der Waals surface area contributed by atoms with Crippen molar-refractivity contribution in [3.63, 3.8) is 0 Å². The molecule has 1 heterocycles. The van der Waals surface area contributed by atoms with Crippen LogP contribution in [0.5, 0.6) is 5.75 Å². The van der Waals surface area contributed by atoms with E-state index in [0.717, 1.165) is 25.2 Å². The molecule has 0 amide bonds. The second-order valence-corrected chi connectivity index (χ2v) is 5.59. The number of hydrogen-bond acceptors (Lipinski definition) is 3. The Morgan fingerprint density at radius 2 is 2.11 bits per heavy atom. The van der Waals surface area contributed by atoms with Crippen LogP contribution in [0.2, 0.25) is 0 Å². The zero-order valence-corrected chi connectivity index (χ0v) is 12.2. The van der Waals surface area contributed by atoms with Crippen molar-refractivity contribution in [3.8, 4) is 5.75 Å². The molecule has 3 unspecified atom stereocenters. The van der Waals surface area contributed by atoms with E-state index in [0.29, 0.717) is 24.8 Å². The molecule has 1 aliphatic rings. The average Bonchev–Trinajstić information content (AvgIpc) is 2.38. The fourth-order valence-electron chi connectivity index (χ4n) is 2.46. The number of aryl methyl sites for hydroxylation is 1. The number of benzene rings is 1. The Kier molecular flexibility index (Phi) is 5.23. The van der Waals surface area contributed by atoms with Gasteiger partial charge in [0.2, 0.25) is 0 Å². The lowest BCUT2D eigenvalue weighted by Gasteiger charge is -2.30. The maximum Gasteiger partial charge on any atom is 0.119 e. The summed E-state index contributed by atoms with van der Waals surface area (Å²) in [6.07, 6.45) is 2.56. The predicted molar refractivity (Wildman–Crippen MR) is 77.7 cm³/mol. The van der Waals surface area contributed by atoms with E-state index in [-0.39, 0.29) is 0 Å². The quantitative estimate of drug-likeness (QED) is 0.886. The van der Waals surface area contributed by atoms with Crippen molar-refractivity contribution in [2.24, 2.45) is 0 Å². The summed E-state index contributed by atoms with van der Waals surface area (Å²) >= 11 is 0. The Hall–Kier alpha value is -1.06. The Labute approximate surface area is 116 Å². The lowest BCUT2D eigenvalue weighted by Crippen LogP contribution is -2.44. The minimum absolute atomic E-state index is 0.358. The summed E-state index contributed by atoms with van der Waals surface area (Å²) in [5, 5.41) is 3.63. The molecular weight excluding hydrogens is 238 g/mol. The normalized spacial score (nSPS) is 25.0. The minimum atomic E-state index is 0.358. The Morgan fingerprint density at radius 1 is 1.37 bits per heavy atom. The third-order valence-corrected chi connectivity index (χ3v) is 3.53. The van der Waals surface area contributed by atoms with Gasteiger partial charge in [0, 0.05) is 18.7 Å². The largest absolute Gasteiger partial charge is 0.492 e. The van der Waals surface area contributed by atoms with Gasteiger partial charge in [0.25, 0.3) is 0 Å². The Bertz CT molecular complexity index is 377. The molecule has 2 rings (SSSR count). The first-order valence-corrected chi connectivity index (χ1v) is 7.20. The Balaban J connectivity index is 1.72. The molecule has 1 aromatic rings. The van der Waals surface area contributed by atoms with Crippen LogP contribution in [0.25, 0.3) is 0 Å². The lowest BCUT2D eigenvalue weighted by atomic mass is 10.0. The first-order chi connectivity index (χ1) is 9.13. The van der Waals surface area contributed by atoms with Crippen molar-refractivity contribution in [1.82, 2.24) is 5.32 Å². The van der Waals surface area contributed by atoms with Crippen LogP contribution in [-0.2, 0) is 4.74 Å². The van der Waals surface area contributed by atoms with Gasteiger partial charge in [-0.3, -0.25) is 0 Å². The maximum absolute atomic E-state index is 5.80. The van der Waals surface area contributed by atoms with Crippen molar-refractivity contribution in [3.05, 3.63) is 29.8 Å². The average molecular weight is 263 g/mol. The molecule has 1 aliphatic heterocycles. The van der Waals surface area contributed by atoms with E-state index in [1.807, 2.05) is 12.1 Å².